The molecular formula is C23H18ClF3N2O4S. The normalized spacial score (nSPS) is 12.3. The second-order valence-electron chi connectivity index (χ2n) is 7.09. The van der Waals surface area contributed by atoms with Crippen LogP contribution in [0.4, 0.5) is 13.2 Å². The molecule has 0 saturated heterocycles. The lowest BCUT2D eigenvalue weighted by Gasteiger charge is -2.12. The first kappa shape index (κ1) is 25.3. The first-order valence-corrected chi connectivity index (χ1v) is 11.5. The van der Waals surface area contributed by atoms with Crippen LogP contribution in [0.1, 0.15) is 23.6 Å². The van der Waals surface area contributed by atoms with Gasteiger partial charge in [-0.2, -0.15) is 26.7 Å². The maximum Gasteiger partial charge on any atom is 0.416 e. The number of amides is 1. The molecule has 11 heteroatoms. The summed E-state index contributed by atoms with van der Waals surface area (Å²) >= 11 is 5.91. The van der Waals surface area contributed by atoms with Crippen molar-refractivity contribution in [3.63, 3.8) is 0 Å². The van der Waals surface area contributed by atoms with Crippen LogP contribution in [0.15, 0.2) is 82.8 Å². The van der Waals surface area contributed by atoms with Crippen LogP contribution in [-0.4, -0.2) is 20.0 Å². The van der Waals surface area contributed by atoms with Gasteiger partial charge >= 0.3 is 16.3 Å². The molecule has 0 aromatic heterocycles. The van der Waals surface area contributed by atoms with Crippen LogP contribution in [0.2, 0.25) is 5.02 Å². The summed E-state index contributed by atoms with van der Waals surface area (Å²) in [7, 11) is -4.43. The van der Waals surface area contributed by atoms with Crippen molar-refractivity contribution in [1.82, 2.24) is 5.43 Å². The largest absolute Gasteiger partial charge is 0.416 e. The number of benzene rings is 3. The highest BCUT2D eigenvalue weighted by Gasteiger charge is 2.31. The van der Waals surface area contributed by atoms with Gasteiger partial charge in [-0.15, -0.1) is 0 Å². The fourth-order valence-corrected chi connectivity index (χ4v) is 4.05. The number of hydrogen-bond donors (Lipinski definition) is 1. The van der Waals surface area contributed by atoms with E-state index in [9.17, 15) is 26.4 Å². The van der Waals surface area contributed by atoms with Crippen LogP contribution in [0.25, 0.3) is 0 Å². The molecular weight excluding hydrogens is 493 g/mol. The minimum atomic E-state index is -4.60. The Morgan fingerprint density at radius 1 is 1.03 bits per heavy atom. The van der Waals surface area contributed by atoms with Crippen LogP contribution < -0.4 is 9.61 Å². The molecule has 0 saturated carbocycles. The van der Waals surface area contributed by atoms with Gasteiger partial charge in [0.05, 0.1) is 17.7 Å². The molecule has 0 bridgehead atoms. The highest BCUT2D eigenvalue weighted by molar-refractivity contribution is 7.87. The van der Waals surface area contributed by atoms with Crippen molar-refractivity contribution in [2.24, 2.45) is 5.10 Å². The second kappa shape index (κ2) is 10.3. The average molecular weight is 511 g/mol. The van der Waals surface area contributed by atoms with Crippen LogP contribution in [0, 0.1) is 0 Å². The van der Waals surface area contributed by atoms with Crippen molar-refractivity contribution in [2.75, 3.05) is 0 Å². The standard InChI is InChI=1S/C23H18ClF3N2O4S/c1-15(28-29-22(30)14-16-5-4-6-18(24)13-16)20-7-2-3-8-21(20)33-34(31,32)19-11-9-17(10-12-19)23(25,26)27/h2-13H,14H2,1H3,(H,29,30)/b28-15+. The highest BCUT2D eigenvalue weighted by atomic mass is 35.5. The Kier molecular flexibility index (Phi) is 7.63. The summed E-state index contributed by atoms with van der Waals surface area (Å²) in [5.74, 6) is -0.523. The van der Waals surface area contributed by atoms with E-state index in [4.69, 9.17) is 15.8 Å². The van der Waals surface area contributed by atoms with Gasteiger partial charge in [0.2, 0.25) is 5.91 Å². The Morgan fingerprint density at radius 2 is 1.71 bits per heavy atom. The summed E-state index contributed by atoms with van der Waals surface area (Å²) in [5, 5.41) is 4.49. The Bertz CT molecular complexity index is 1320. The second-order valence-corrected chi connectivity index (χ2v) is 9.08. The molecule has 34 heavy (non-hydrogen) atoms. The van der Waals surface area contributed by atoms with E-state index in [-0.39, 0.29) is 23.4 Å². The van der Waals surface area contributed by atoms with E-state index in [1.165, 1.54) is 25.1 Å². The average Bonchev–Trinajstić information content (AvgIpc) is 2.77. The number of nitrogens with one attached hydrogen (secondary N) is 1. The molecule has 3 aromatic carbocycles. The summed E-state index contributed by atoms with van der Waals surface area (Å²) in [4.78, 5) is 11.7. The van der Waals surface area contributed by atoms with Crippen molar-refractivity contribution in [2.45, 2.75) is 24.4 Å². The van der Waals surface area contributed by atoms with Crippen molar-refractivity contribution >= 4 is 33.3 Å². The molecule has 0 spiro atoms. The maximum atomic E-state index is 12.7. The van der Waals surface area contributed by atoms with Crippen LogP contribution >= 0.6 is 11.6 Å². The third kappa shape index (κ3) is 6.58. The quantitative estimate of drug-likeness (QED) is 0.269. The smallest absolute Gasteiger partial charge is 0.378 e. The van der Waals surface area contributed by atoms with E-state index in [0.29, 0.717) is 22.7 Å². The van der Waals surface area contributed by atoms with Crippen molar-refractivity contribution in [3.05, 3.63) is 94.5 Å². The highest BCUT2D eigenvalue weighted by Crippen LogP contribution is 2.30. The molecule has 0 fully saturated rings. The van der Waals surface area contributed by atoms with Gasteiger partial charge in [0.15, 0.2) is 5.75 Å². The Labute approximate surface area is 199 Å². The van der Waals surface area contributed by atoms with Crippen molar-refractivity contribution in [3.8, 4) is 5.75 Å². The summed E-state index contributed by atoms with van der Waals surface area (Å²) < 4.78 is 68.6. The predicted molar refractivity (Wildman–Crippen MR) is 121 cm³/mol. The zero-order valence-corrected chi connectivity index (χ0v) is 19.2. The first-order chi connectivity index (χ1) is 16.0. The lowest BCUT2D eigenvalue weighted by Crippen LogP contribution is -2.21. The van der Waals surface area contributed by atoms with Gasteiger partial charge in [-0.25, -0.2) is 5.43 Å². The fraction of sp³-hybridized carbons (Fsp3) is 0.130. The summed E-state index contributed by atoms with van der Waals surface area (Å²) in [6, 6.07) is 15.7. The van der Waals surface area contributed by atoms with Crippen LogP contribution in [0.3, 0.4) is 0 Å². The molecule has 3 rings (SSSR count). The summed E-state index contributed by atoms with van der Waals surface area (Å²) in [5.41, 5.74) is 2.60. The van der Waals surface area contributed by atoms with Gasteiger partial charge in [-0.05, 0) is 61.0 Å². The van der Waals surface area contributed by atoms with E-state index >= 15 is 0 Å². The fourth-order valence-electron chi connectivity index (χ4n) is 2.89. The van der Waals surface area contributed by atoms with E-state index in [0.717, 1.165) is 12.1 Å². The van der Waals surface area contributed by atoms with Gasteiger partial charge in [-0.3, -0.25) is 4.79 Å². The lowest BCUT2D eigenvalue weighted by atomic mass is 10.1. The van der Waals surface area contributed by atoms with Gasteiger partial charge < -0.3 is 4.18 Å². The van der Waals surface area contributed by atoms with Gasteiger partial charge in [0.1, 0.15) is 4.90 Å². The van der Waals surface area contributed by atoms with Crippen LogP contribution in [0.5, 0.6) is 5.75 Å². The molecule has 0 radical (unpaired) electrons. The Hall–Kier alpha value is -3.37. The number of nitrogens with zero attached hydrogens (tertiary/aromatic N) is 1. The number of carbonyl (C=O) groups excluding carboxylic acids is 1. The van der Waals surface area contributed by atoms with E-state index in [1.807, 2.05) is 0 Å². The first-order valence-electron chi connectivity index (χ1n) is 9.74. The number of hydrogen-bond acceptors (Lipinski definition) is 5. The zero-order valence-electron chi connectivity index (χ0n) is 17.6. The number of para-hydroxylation sites is 1. The number of hydrazone groups is 1. The van der Waals surface area contributed by atoms with E-state index in [2.05, 4.69) is 10.5 Å². The monoisotopic (exact) mass is 510 g/mol. The molecule has 3 aromatic rings. The minimum Gasteiger partial charge on any atom is -0.378 e. The van der Waals surface area contributed by atoms with E-state index < -0.39 is 32.7 Å². The number of halogens is 4. The van der Waals surface area contributed by atoms with Crippen molar-refractivity contribution < 1.29 is 30.6 Å². The van der Waals surface area contributed by atoms with E-state index in [1.54, 1.807) is 30.3 Å². The van der Waals surface area contributed by atoms with Crippen LogP contribution in [-0.2, 0) is 27.5 Å². The number of alkyl halides is 3. The molecule has 1 N–H and O–H groups in total. The molecule has 0 unspecified atom stereocenters. The molecule has 0 aliphatic carbocycles. The lowest BCUT2D eigenvalue weighted by molar-refractivity contribution is -0.137. The molecule has 0 atom stereocenters. The maximum absolute atomic E-state index is 12.7. The third-order valence-electron chi connectivity index (χ3n) is 4.55. The molecule has 0 aliphatic rings. The molecule has 6 nitrogen and oxygen atoms in total. The van der Waals surface area contributed by atoms with Gasteiger partial charge in [-0.1, -0.05) is 35.9 Å². The summed E-state index contributed by atoms with van der Waals surface area (Å²) in [6.07, 6.45) is -4.57. The van der Waals surface area contributed by atoms with Gasteiger partial charge in [0, 0.05) is 10.6 Å². The predicted octanol–water partition coefficient (Wildman–Crippen LogP) is 5.21. The SMILES string of the molecule is C/C(=N\NC(=O)Cc1cccc(Cl)c1)c1ccccc1OS(=O)(=O)c1ccc(C(F)(F)F)cc1. The van der Waals surface area contributed by atoms with Crippen molar-refractivity contribution in [1.29, 1.82) is 0 Å². The van der Waals surface area contributed by atoms with Gasteiger partial charge in [0.25, 0.3) is 0 Å². The topological polar surface area (TPSA) is 84.8 Å². The number of rotatable bonds is 7. The minimum absolute atomic E-state index is 0.0256. The molecule has 1 amide bonds. The molecule has 0 heterocycles. The zero-order chi connectivity index (χ0) is 24.9. The molecule has 178 valence electrons. The Morgan fingerprint density at radius 3 is 2.35 bits per heavy atom. The Balaban J connectivity index is 1.76. The summed E-state index contributed by atoms with van der Waals surface area (Å²) in [6.45, 7) is 1.53. The number of carbonyl (C=O) groups is 1. The molecule has 0 aliphatic heterocycles. The third-order valence-corrected chi connectivity index (χ3v) is 6.03.